The van der Waals surface area contributed by atoms with Gasteiger partial charge in [-0.05, 0) is 13.3 Å². The van der Waals surface area contributed by atoms with Crippen molar-refractivity contribution in [1.29, 1.82) is 0 Å². The van der Waals surface area contributed by atoms with Gasteiger partial charge in [-0.2, -0.15) is 20.1 Å². The summed E-state index contributed by atoms with van der Waals surface area (Å²) in [7, 11) is 1.82. The Balaban J connectivity index is 2.07. The molecule has 0 fully saturated rings. The third kappa shape index (κ3) is 4.55. The zero-order valence-corrected chi connectivity index (χ0v) is 12.5. The molecule has 0 aromatic carbocycles. The van der Waals surface area contributed by atoms with E-state index in [1.54, 1.807) is 11.0 Å². The van der Waals surface area contributed by atoms with Crippen LogP contribution in [0.25, 0.3) is 0 Å². The zero-order chi connectivity index (χ0) is 15.1. The number of nitrogens with zero attached hydrogens (tertiary/aromatic N) is 6. The van der Waals surface area contributed by atoms with Crippen LogP contribution in [-0.4, -0.2) is 42.9 Å². The van der Waals surface area contributed by atoms with Crippen LogP contribution in [0.4, 0.5) is 11.9 Å². The number of aryl methyl sites for hydroxylation is 1. The number of aromatic nitrogens is 6. The first-order chi connectivity index (χ1) is 10.2. The first kappa shape index (κ1) is 14.9. The van der Waals surface area contributed by atoms with Crippen molar-refractivity contribution in [2.45, 2.75) is 26.8 Å². The molecule has 0 radical (unpaired) electrons. The van der Waals surface area contributed by atoms with Gasteiger partial charge in [0.25, 0.3) is 0 Å². The molecule has 2 heterocycles. The molecular formula is C12H20N8O. The van der Waals surface area contributed by atoms with Crippen molar-refractivity contribution >= 4 is 11.9 Å². The summed E-state index contributed by atoms with van der Waals surface area (Å²) < 4.78 is 6.99. The van der Waals surface area contributed by atoms with E-state index in [-0.39, 0.29) is 0 Å². The molecule has 2 rings (SSSR count). The van der Waals surface area contributed by atoms with E-state index in [2.05, 4.69) is 42.6 Å². The lowest BCUT2D eigenvalue weighted by Crippen LogP contribution is -2.12. The molecule has 2 aromatic heterocycles. The highest BCUT2D eigenvalue weighted by Gasteiger charge is 2.08. The molecule has 0 saturated heterocycles. The van der Waals surface area contributed by atoms with E-state index >= 15 is 0 Å². The quantitative estimate of drug-likeness (QED) is 0.737. The van der Waals surface area contributed by atoms with Gasteiger partial charge in [-0.1, -0.05) is 6.92 Å². The summed E-state index contributed by atoms with van der Waals surface area (Å²) in [5.74, 6) is 1.59. The summed E-state index contributed by atoms with van der Waals surface area (Å²) in [4.78, 5) is 16.8. The Hall–Kier alpha value is -2.45. The lowest BCUT2D eigenvalue weighted by Gasteiger charge is -2.08. The summed E-state index contributed by atoms with van der Waals surface area (Å²) in [6, 6.07) is 0.294. The van der Waals surface area contributed by atoms with E-state index in [4.69, 9.17) is 4.74 Å². The van der Waals surface area contributed by atoms with E-state index in [9.17, 15) is 0 Å². The molecule has 0 saturated carbocycles. The van der Waals surface area contributed by atoms with Gasteiger partial charge in [0.05, 0.1) is 13.2 Å². The molecule has 21 heavy (non-hydrogen) atoms. The van der Waals surface area contributed by atoms with Gasteiger partial charge in [0.2, 0.25) is 11.9 Å². The van der Waals surface area contributed by atoms with Gasteiger partial charge < -0.3 is 15.4 Å². The molecule has 114 valence electrons. The van der Waals surface area contributed by atoms with E-state index in [1.165, 1.54) is 0 Å². The van der Waals surface area contributed by atoms with E-state index in [0.29, 0.717) is 36.9 Å². The fourth-order valence-electron chi connectivity index (χ4n) is 1.57. The summed E-state index contributed by atoms with van der Waals surface area (Å²) in [5.41, 5.74) is 0. The lowest BCUT2D eigenvalue weighted by atomic mass is 10.5. The molecule has 0 aliphatic rings. The van der Waals surface area contributed by atoms with E-state index < -0.39 is 0 Å². The van der Waals surface area contributed by atoms with Crippen molar-refractivity contribution < 1.29 is 4.74 Å². The molecule has 0 amide bonds. The predicted octanol–water partition coefficient (Wildman–Crippen LogP) is 0.833. The Bertz CT molecular complexity index is 570. The van der Waals surface area contributed by atoms with Crippen molar-refractivity contribution in [1.82, 2.24) is 29.7 Å². The van der Waals surface area contributed by atoms with Crippen LogP contribution in [0.15, 0.2) is 6.33 Å². The molecule has 0 aliphatic carbocycles. The summed E-state index contributed by atoms with van der Waals surface area (Å²) >= 11 is 0. The van der Waals surface area contributed by atoms with Gasteiger partial charge in [0.15, 0.2) is 5.82 Å². The molecular weight excluding hydrogens is 272 g/mol. The van der Waals surface area contributed by atoms with E-state index in [1.807, 2.05) is 14.0 Å². The molecule has 9 nitrogen and oxygen atoms in total. The third-order valence-electron chi connectivity index (χ3n) is 2.47. The van der Waals surface area contributed by atoms with Gasteiger partial charge in [0, 0.05) is 13.6 Å². The fourth-order valence-corrected chi connectivity index (χ4v) is 1.57. The SMILES string of the molecule is CCCNc1nc(NCc2ncn(C)n2)nc(OCC)n1. The first-order valence-electron chi connectivity index (χ1n) is 6.92. The lowest BCUT2D eigenvalue weighted by molar-refractivity contribution is 0.312. The van der Waals surface area contributed by atoms with Crippen LogP contribution in [0.3, 0.4) is 0 Å². The van der Waals surface area contributed by atoms with Crippen LogP contribution in [0.2, 0.25) is 0 Å². The number of rotatable bonds is 8. The highest BCUT2D eigenvalue weighted by molar-refractivity contribution is 5.35. The molecule has 0 spiro atoms. The topological polar surface area (TPSA) is 103 Å². The Morgan fingerprint density at radius 2 is 1.90 bits per heavy atom. The second-order valence-corrected chi connectivity index (χ2v) is 4.31. The minimum absolute atomic E-state index is 0.294. The van der Waals surface area contributed by atoms with Crippen molar-refractivity contribution in [3.8, 4) is 6.01 Å². The number of hydrogen-bond donors (Lipinski definition) is 2. The van der Waals surface area contributed by atoms with Gasteiger partial charge in [0.1, 0.15) is 6.33 Å². The monoisotopic (exact) mass is 292 g/mol. The van der Waals surface area contributed by atoms with Crippen LogP contribution in [0.1, 0.15) is 26.1 Å². The maximum absolute atomic E-state index is 5.35. The molecule has 0 unspecified atom stereocenters. The standard InChI is InChI=1S/C12H20N8O/c1-4-6-13-10-16-11(18-12(17-10)21-5-2)14-7-9-15-8-20(3)19-9/h8H,4-7H2,1-3H3,(H2,13,14,16,17,18). The van der Waals surface area contributed by atoms with Crippen LogP contribution in [0.5, 0.6) is 6.01 Å². The fraction of sp³-hybridized carbons (Fsp3) is 0.583. The van der Waals surface area contributed by atoms with Crippen LogP contribution >= 0.6 is 0 Å². The van der Waals surface area contributed by atoms with Crippen molar-refractivity contribution in [2.24, 2.45) is 7.05 Å². The summed E-state index contributed by atoms with van der Waals surface area (Å²) in [5, 5.41) is 10.4. The summed E-state index contributed by atoms with van der Waals surface area (Å²) in [6.07, 6.45) is 2.63. The Kier molecular flexibility index (Phi) is 5.24. The van der Waals surface area contributed by atoms with Crippen LogP contribution < -0.4 is 15.4 Å². The van der Waals surface area contributed by atoms with Crippen molar-refractivity contribution in [3.63, 3.8) is 0 Å². The molecule has 0 atom stereocenters. The second-order valence-electron chi connectivity index (χ2n) is 4.31. The van der Waals surface area contributed by atoms with Crippen molar-refractivity contribution in [3.05, 3.63) is 12.2 Å². The van der Waals surface area contributed by atoms with Gasteiger partial charge in [-0.3, -0.25) is 4.68 Å². The third-order valence-corrected chi connectivity index (χ3v) is 2.47. The minimum atomic E-state index is 0.294. The normalized spacial score (nSPS) is 10.4. The molecule has 2 N–H and O–H groups in total. The van der Waals surface area contributed by atoms with Crippen molar-refractivity contribution in [2.75, 3.05) is 23.8 Å². The number of ether oxygens (including phenoxy) is 1. The van der Waals surface area contributed by atoms with Crippen LogP contribution in [0, 0.1) is 0 Å². The maximum atomic E-state index is 5.35. The van der Waals surface area contributed by atoms with Gasteiger partial charge in [-0.15, -0.1) is 0 Å². The molecule has 2 aromatic rings. The van der Waals surface area contributed by atoms with Gasteiger partial charge in [-0.25, -0.2) is 4.98 Å². The second kappa shape index (κ2) is 7.36. The molecule has 0 aliphatic heterocycles. The maximum Gasteiger partial charge on any atom is 0.323 e. The average molecular weight is 292 g/mol. The smallest absolute Gasteiger partial charge is 0.323 e. The highest BCUT2D eigenvalue weighted by atomic mass is 16.5. The first-order valence-corrected chi connectivity index (χ1v) is 6.92. The Morgan fingerprint density at radius 1 is 1.14 bits per heavy atom. The zero-order valence-electron chi connectivity index (χ0n) is 12.5. The van der Waals surface area contributed by atoms with Gasteiger partial charge >= 0.3 is 6.01 Å². The average Bonchev–Trinajstić information content (AvgIpc) is 2.89. The Morgan fingerprint density at radius 3 is 2.52 bits per heavy atom. The molecule has 0 bridgehead atoms. The number of anilines is 2. The minimum Gasteiger partial charge on any atom is -0.464 e. The van der Waals surface area contributed by atoms with Crippen LogP contribution in [-0.2, 0) is 13.6 Å². The number of hydrogen-bond acceptors (Lipinski definition) is 8. The van der Waals surface area contributed by atoms with E-state index in [0.717, 1.165) is 13.0 Å². The highest BCUT2D eigenvalue weighted by Crippen LogP contribution is 2.11. The summed E-state index contributed by atoms with van der Waals surface area (Å²) in [6.45, 7) is 5.68. The Labute approximate surface area is 123 Å². The predicted molar refractivity (Wildman–Crippen MR) is 78.1 cm³/mol. The molecule has 9 heteroatoms. The number of nitrogens with one attached hydrogen (secondary N) is 2. The largest absolute Gasteiger partial charge is 0.464 e.